The van der Waals surface area contributed by atoms with E-state index in [0.29, 0.717) is 22.9 Å². The summed E-state index contributed by atoms with van der Waals surface area (Å²) in [5.74, 6) is -1.60. The summed E-state index contributed by atoms with van der Waals surface area (Å²) in [6.07, 6.45) is 0. The van der Waals surface area contributed by atoms with Crippen molar-refractivity contribution in [3.05, 3.63) is 77.9 Å². The van der Waals surface area contributed by atoms with E-state index >= 15 is 0 Å². The highest BCUT2D eigenvalue weighted by molar-refractivity contribution is 6.02. The van der Waals surface area contributed by atoms with Gasteiger partial charge in [-0.05, 0) is 54.6 Å². The molecule has 0 atom stereocenters. The molecule has 9 heteroatoms. The van der Waals surface area contributed by atoms with Crippen LogP contribution in [0.2, 0.25) is 0 Å². The summed E-state index contributed by atoms with van der Waals surface area (Å²) in [6.45, 7) is -0.216. The second-order valence-electron chi connectivity index (χ2n) is 6.43. The molecule has 0 bridgehead atoms. The number of carboxylic acids is 2. The molecule has 0 saturated carbocycles. The van der Waals surface area contributed by atoms with E-state index in [-0.39, 0.29) is 29.4 Å². The van der Waals surface area contributed by atoms with Gasteiger partial charge >= 0.3 is 11.9 Å². The number of rotatable bonds is 9. The van der Waals surface area contributed by atoms with Crippen molar-refractivity contribution in [1.29, 1.82) is 0 Å². The van der Waals surface area contributed by atoms with Crippen LogP contribution in [-0.4, -0.2) is 41.8 Å². The normalized spacial score (nSPS) is 10.2. The van der Waals surface area contributed by atoms with Crippen LogP contribution in [0.5, 0.6) is 23.0 Å². The lowest BCUT2D eigenvalue weighted by Gasteiger charge is -2.11. The Bertz CT molecular complexity index is 1140. The summed E-state index contributed by atoms with van der Waals surface area (Å²) >= 11 is 0. The van der Waals surface area contributed by atoms with Crippen LogP contribution in [-0.2, 0) is 4.79 Å². The Kier molecular flexibility index (Phi) is 6.92. The number of para-hydroxylation sites is 2. The molecule has 0 aromatic heterocycles. The lowest BCUT2D eigenvalue weighted by atomic mass is 10.1. The van der Waals surface area contributed by atoms with Crippen molar-refractivity contribution in [3.63, 3.8) is 0 Å². The average Bonchev–Trinajstić information content (AvgIpc) is 2.79. The highest BCUT2D eigenvalue weighted by Gasteiger charge is 2.17. The van der Waals surface area contributed by atoms with Crippen LogP contribution in [0, 0.1) is 0 Å². The van der Waals surface area contributed by atoms with E-state index in [9.17, 15) is 19.5 Å². The highest BCUT2D eigenvalue weighted by Crippen LogP contribution is 2.27. The molecule has 164 valence electrons. The minimum atomic E-state index is -1.37. The van der Waals surface area contributed by atoms with Gasteiger partial charge in [-0.15, -0.1) is 0 Å². The lowest BCUT2D eigenvalue weighted by Crippen LogP contribution is -2.20. The maximum Gasteiger partial charge on any atom is 0.336 e. The molecule has 0 radical (unpaired) electrons. The molecular formula is C23H19NO8. The van der Waals surface area contributed by atoms with Crippen molar-refractivity contribution >= 4 is 23.5 Å². The number of anilines is 1. The molecule has 0 saturated heterocycles. The molecule has 32 heavy (non-hydrogen) atoms. The fourth-order valence-electron chi connectivity index (χ4n) is 2.77. The van der Waals surface area contributed by atoms with Crippen molar-refractivity contribution in [2.24, 2.45) is 0 Å². The lowest BCUT2D eigenvalue weighted by molar-refractivity contribution is -0.118. The van der Waals surface area contributed by atoms with Gasteiger partial charge in [0.25, 0.3) is 5.91 Å². The molecule has 0 aliphatic rings. The van der Waals surface area contributed by atoms with Gasteiger partial charge in [-0.2, -0.15) is 0 Å². The second-order valence-corrected chi connectivity index (χ2v) is 6.43. The Morgan fingerprint density at radius 1 is 0.812 bits per heavy atom. The highest BCUT2D eigenvalue weighted by atomic mass is 16.5. The van der Waals surface area contributed by atoms with Crippen LogP contribution in [0.4, 0.5) is 5.69 Å². The summed E-state index contributed by atoms with van der Waals surface area (Å²) in [4.78, 5) is 34.5. The maximum atomic E-state index is 12.1. The predicted molar refractivity (Wildman–Crippen MR) is 114 cm³/mol. The second kappa shape index (κ2) is 9.98. The van der Waals surface area contributed by atoms with Crippen molar-refractivity contribution in [1.82, 2.24) is 0 Å². The van der Waals surface area contributed by atoms with Gasteiger partial charge in [0.05, 0.1) is 18.2 Å². The first-order valence-corrected chi connectivity index (χ1v) is 9.31. The van der Waals surface area contributed by atoms with E-state index in [0.717, 1.165) is 12.1 Å². The van der Waals surface area contributed by atoms with Crippen LogP contribution in [0.25, 0.3) is 0 Å². The van der Waals surface area contributed by atoms with Gasteiger partial charge < -0.3 is 29.7 Å². The molecule has 0 aliphatic carbocycles. The Morgan fingerprint density at radius 2 is 1.44 bits per heavy atom. The summed E-state index contributed by atoms with van der Waals surface area (Å²) in [6, 6.07) is 17.0. The third-order valence-electron chi connectivity index (χ3n) is 4.25. The molecule has 9 nitrogen and oxygen atoms in total. The van der Waals surface area contributed by atoms with Gasteiger partial charge in [-0.3, -0.25) is 4.79 Å². The first-order chi connectivity index (χ1) is 15.4. The predicted octanol–water partition coefficient (Wildman–Crippen LogP) is 3.90. The zero-order valence-electron chi connectivity index (χ0n) is 16.9. The zero-order chi connectivity index (χ0) is 23.1. The molecule has 0 aliphatic heterocycles. The molecule has 3 aromatic carbocycles. The molecule has 1 amide bonds. The number of ether oxygens (including phenoxy) is 3. The average molecular weight is 437 g/mol. The summed E-state index contributed by atoms with van der Waals surface area (Å²) in [5, 5.41) is 20.9. The maximum absolute atomic E-state index is 12.1. The smallest absolute Gasteiger partial charge is 0.336 e. The van der Waals surface area contributed by atoms with Gasteiger partial charge in [0.1, 0.15) is 11.5 Å². The minimum Gasteiger partial charge on any atom is -0.493 e. The van der Waals surface area contributed by atoms with Gasteiger partial charge in [-0.25, -0.2) is 9.59 Å². The van der Waals surface area contributed by atoms with Crippen LogP contribution >= 0.6 is 0 Å². The number of amides is 1. The largest absolute Gasteiger partial charge is 0.493 e. The van der Waals surface area contributed by atoms with Crippen LogP contribution in [0.3, 0.4) is 0 Å². The number of aromatic carboxylic acids is 2. The quantitative estimate of drug-likeness (QED) is 0.459. The number of nitrogens with one attached hydrogen (secondary N) is 1. The first kappa shape index (κ1) is 22.2. The number of hydrogen-bond donors (Lipinski definition) is 3. The van der Waals surface area contributed by atoms with Crippen LogP contribution < -0.4 is 19.5 Å². The number of carbonyl (C=O) groups is 3. The molecule has 0 spiro atoms. The van der Waals surface area contributed by atoms with E-state index in [1.807, 2.05) is 0 Å². The van der Waals surface area contributed by atoms with Crippen LogP contribution in [0.1, 0.15) is 20.7 Å². The molecular weight excluding hydrogens is 418 g/mol. The number of hydrogen-bond acceptors (Lipinski definition) is 6. The van der Waals surface area contributed by atoms with Crippen molar-refractivity contribution < 1.29 is 38.8 Å². The first-order valence-electron chi connectivity index (χ1n) is 9.31. The summed E-state index contributed by atoms with van der Waals surface area (Å²) < 4.78 is 16.2. The van der Waals surface area contributed by atoms with Gasteiger partial charge in [0.2, 0.25) is 0 Å². The van der Waals surface area contributed by atoms with E-state index < -0.39 is 11.9 Å². The van der Waals surface area contributed by atoms with Crippen molar-refractivity contribution in [2.45, 2.75) is 0 Å². The van der Waals surface area contributed by atoms with Crippen LogP contribution in [0.15, 0.2) is 66.7 Å². The van der Waals surface area contributed by atoms with Gasteiger partial charge in [-0.1, -0.05) is 12.1 Å². The fraction of sp³-hybridized carbons (Fsp3) is 0.0870. The fourth-order valence-corrected chi connectivity index (χ4v) is 2.77. The van der Waals surface area contributed by atoms with Gasteiger partial charge in [0.15, 0.2) is 18.1 Å². The molecule has 3 rings (SSSR count). The number of benzene rings is 3. The molecule has 3 aromatic rings. The molecule has 0 heterocycles. The molecule has 3 N–H and O–H groups in total. The third kappa shape index (κ3) is 5.54. The third-order valence-corrected chi connectivity index (χ3v) is 4.25. The number of carboxylic acid groups (broad SMARTS) is 2. The SMILES string of the molecule is COc1ccccc1OCC(=O)Nc1ccc(Oc2ccc(C(=O)O)c(C(=O)O)c2)cc1. The summed E-state index contributed by atoms with van der Waals surface area (Å²) in [5.41, 5.74) is -0.217. The Balaban J connectivity index is 1.60. The topological polar surface area (TPSA) is 131 Å². The Hall–Kier alpha value is -4.53. The Labute approximate surface area is 182 Å². The molecule has 0 unspecified atom stereocenters. The van der Waals surface area contributed by atoms with E-state index in [1.165, 1.54) is 13.2 Å². The number of methoxy groups -OCH3 is 1. The van der Waals surface area contributed by atoms with E-state index in [4.69, 9.17) is 19.3 Å². The summed E-state index contributed by atoms with van der Waals surface area (Å²) in [7, 11) is 1.51. The van der Waals surface area contributed by atoms with E-state index in [1.54, 1.807) is 48.5 Å². The molecule has 0 fully saturated rings. The standard InChI is InChI=1S/C23H19NO8/c1-30-19-4-2-3-5-20(19)31-13-21(25)24-14-6-8-15(9-7-14)32-16-10-11-17(22(26)27)18(12-16)23(28)29/h2-12H,13H2,1H3,(H,24,25)(H,26,27)(H,28,29). The van der Waals surface area contributed by atoms with Crippen molar-refractivity contribution in [2.75, 3.05) is 19.0 Å². The van der Waals surface area contributed by atoms with Crippen molar-refractivity contribution in [3.8, 4) is 23.0 Å². The van der Waals surface area contributed by atoms with Gasteiger partial charge in [0, 0.05) is 5.69 Å². The zero-order valence-corrected chi connectivity index (χ0v) is 16.9. The Morgan fingerprint density at radius 3 is 2.06 bits per heavy atom. The minimum absolute atomic E-state index is 0.161. The monoisotopic (exact) mass is 437 g/mol. The van der Waals surface area contributed by atoms with E-state index in [2.05, 4.69) is 5.32 Å². The number of carbonyl (C=O) groups excluding carboxylic acids is 1.